The summed E-state index contributed by atoms with van der Waals surface area (Å²) in [6.45, 7) is 1.83. The standard InChI is InChI=1S/C17H13Br2N3OS.BrH/c1-10-15(16(23)21-13-6-2-11(18)3-7-13)24-17(20-10)22-14-8-4-12(19)5-9-14;/h2-9H,1H3,(H,20,22)(H,21,23);1H. The second-order valence-corrected chi connectivity index (χ2v) is 7.86. The summed E-state index contributed by atoms with van der Waals surface area (Å²) in [4.78, 5) is 17.5. The number of carbonyl (C=O) groups is 1. The first-order chi connectivity index (χ1) is 11.5. The summed E-state index contributed by atoms with van der Waals surface area (Å²) in [6, 6.07) is 15.3. The van der Waals surface area contributed by atoms with E-state index >= 15 is 0 Å². The fourth-order valence-electron chi connectivity index (χ4n) is 2.04. The highest BCUT2D eigenvalue weighted by atomic mass is 79.9. The number of halogens is 3. The Balaban J connectivity index is 0.00000225. The van der Waals surface area contributed by atoms with E-state index in [-0.39, 0.29) is 22.9 Å². The molecule has 0 unspecified atom stereocenters. The quantitative estimate of drug-likeness (QED) is 0.389. The molecule has 0 aliphatic rings. The number of hydrogen-bond acceptors (Lipinski definition) is 4. The number of aromatic nitrogens is 1. The van der Waals surface area contributed by atoms with E-state index in [0.717, 1.165) is 20.3 Å². The highest BCUT2D eigenvalue weighted by molar-refractivity contribution is 9.10. The first-order valence-corrected chi connectivity index (χ1v) is 9.48. The van der Waals surface area contributed by atoms with Gasteiger partial charge in [0.05, 0.1) is 5.69 Å². The molecule has 0 spiro atoms. The van der Waals surface area contributed by atoms with E-state index in [2.05, 4.69) is 47.5 Å². The van der Waals surface area contributed by atoms with Crippen molar-refractivity contribution in [2.75, 3.05) is 10.6 Å². The minimum Gasteiger partial charge on any atom is -0.332 e. The van der Waals surface area contributed by atoms with Crippen LogP contribution in [0.1, 0.15) is 15.4 Å². The van der Waals surface area contributed by atoms with Gasteiger partial charge in [-0.05, 0) is 55.5 Å². The molecule has 4 nitrogen and oxygen atoms in total. The van der Waals surface area contributed by atoms with Gasteiger partial charge in [0.15, 0.2) is 5.13 Å². The predicted octanol–water partition coefficient (Wildman–Crippen LogP) is 6.55. The monoisotopic (exact) mass is 545 g/mol. The van der Waals surface area contributed by atoms with Crippen molar-refractivity contribution in [2.24, 2.45) is 0 Å². The summed E-state index contributed by atoms with van der Waals surface area (Å²) in [6.07, 6.45) is 0. The maximum Gasteiger partial charge on any atom is 0.267 e. The smallest absolute Gasteiger partial charge is 0.267 e. The predicted molar refractivity (Wildman–Crippen MR) is 117 cm³/mol. The lowest BCUT2D eigenvalue weighted by Crippen LogP contribution is -2.11. The molecule has 0 atom stereocenters. The number of nitrogens with zero attached hydrogens (tertiary/aromatic N) is 1. The second-order valence-electron chi connectivity index (χ2n) is 5.03. The van der Waals surface area contributed by atoms with Gasteiger partial charge in [0.2, 0.25) is 0 Å². The van der Waals surface area contributed by atoms with Crippen molar-refractivity contribution in [3.05, 3.63) is 68.0 Å². The summed E-state index contributed by atoms with van der Waals surface area (Å²) in [5, 5.41) is 6.80. The molecule has 0 saturated heterocycles. The maximum absolute atomic E-state index is 12.4. The van der Waals surface area contributed by atoms with Crippen LogP contribution in [-0.2, 0) is 0 Å². The molecule has 0 radical (unpaired) electrons. The zero-order chi connectivity index (χ0) is 17.1. The average Bonchev–Trinajstić information content (AvgIpc) is 2.92. The normalized spacial score (nSPS) is 10.0. The number of amides is 1. The topological polar surface area (TPSA) is 54.0 Å². The average molecular weight is 548 g/mol. The Bertz CT molecular complexity index is 864. The van der Waals surface area contributed by atoms with Crippen molar-refractivity contribution in [1.29, 1.82) is 0 Å². The summed E-state index contributed by atoms with van der Waals surface area (Å²) >= 11 is 8.11. The van der Waals surface area contributed by atoms with Crippen LogP contribution in [0.25, 0.3) is 0 Å². The third-order valence-corrected chi connectivity index (χ3v) is 5.33. The van der Waals surface area contributed by atoms with Gasteiger partial charge >= 0.3 is 0 Å². The fourth-order valence-corrected chi connectivity index (χ4v) is 3.45. The number of hydrogen-bond donors (Lipinski definition) is 2. The molecule has 3 rings (SSSR count). The van der Waals surface area contributed by atoms with Crippen LogP contribution < -0.4 is 10.6 Å². The first-order valence-electron chi connectivity index (χ1n) is 7.08. The molecule has 3 aromatic rings. The number of anilines is 3. The van der Waals surface area contributed by atoms with Crippen LogP contribution in [0.15, 0.2) is 57.5 Å². The van der Waals surface area contributed by atoms with E-state index in [1.165, 1.54) is 11.3 Å². The van der Waals surface area contributed by atoms with Gasteiger partial charge in [-0.3, -0.25) is 4.79 Å². The summed E-state index contributed by atoms with van der Waals surface area (Å²) in [5.74, 6) is -0.156. The largest absolute Gasteiger partial charge is 0.332 e. The molecule has 0 aliphatic carbocycles. The molecular weight excluding hydrogens is 534 g/mol. The van der Waals surface area contributed by atoms with Crippen LogP contribution in [0.5, 0.6) is 0 Å². The van der Waals surface area contributed by atoms with Gasteiger partial charge in [0, 0.05) is 20.3 Å². The fraction of sp³-hybridized carbons (Fsp3) is 0.0588. The maximum atomic E-state index is 12.4. The molecule has 2 aromatic carbocycles. The highest BCUT2D eigenvalue weighted by Gasteiger charge is 2.15. The van der Waals surface area contributed by atoms with Crippen molar-refractivity contribution in [3.8, 4) is 0 Å². The summed E-state index contributed by atoms with van der Waals surface area (Å²) < 4.78 is 1.98. The Hall–Kier alpha value is -1.22. The molecule has 0 saturated carbocycles. The van der Waals surface area contributed by atoms with E-state index in [1.807, 2.05) is 55.5 Å². The highest BCUT2D eigenvalue weighted by Crippen LogP contribution is 2.27. The molecule has 0 bridgehead atoms. The zero-order valence-electron chi connectivity index (χ0n) is 13.0. The van der Waals surface area contributed by atoms with Gasteiger partial charge in [0.1, 0.15) is 4.88 Å². The van der Waals surface area contributed by atoms with Crippen LogP contribution in [0.2, 0.25) is 0 Å². The van der Waals surface area contributed by atoms with Gasteiger partial charge in [0.25, 0.3) is 5.91 Å². The van der Waals surface area contributed by atoms with Crippen molar-refractivity contribution < 1.29 is 4.79 Å². The second kappa shape index (κ2) is 8.93. The third kappa shape index (κ3) is 5.37. The Morgan fingerprint density at radius 3 is 2.04 bits per heavy atom. The lowest BCUT2D eigenvalue weighted by Gasteiger charge is -2.04. The summed E-state index contributed by atoms with van der Waals surface area (Å²) in [7, 11) is 0. The first kappa shape index (κ1) is 20.1. The van der Waals surface area contributed by atoms with E-state index in [0.29, 0.717) is 15.7 Å². The molecule has 25 heavy (non-hydrogen) atoms. The molecular formula is C17H14Br3N3OS. The Morgan fingerprint density at radius 1 is 0.960 bits per heavy atom. The number of rotatable bonds is 4. The number of nitrogens with one attached hydrogen (secondary N) is 2. The van der Waals surface area contributed by atoms with E-state index in [1.54, 1.807) is 0 Å². The van der Waals surface area contributed by atoms with Crippen molar-refractivity contribution >= 4 is 82.6 Å². The Labute approximate surface area is 177 Å². The zero-order valence-corrected chi connectivity index (χ0v) is 18.7. The summed E-state index contributed by atoms with van der Waals surface area (Å²) in [5.41, 5.74) is 2.37. The number of benzene rings is 2. The van der Waals surface area contributed by atoms with E-state index in [9.17, 15) is 4.79 Å². The molecule has 0 fully saturated rings. The third-order valence-electron chi connectivity index (χ3n) is 3.20. The van der Waals surface area contributed by atoms with E-state index < -0.39 is 0 Å². The van der Waals surface area contributed by atoms with Crippen molar-refractivity contribution in [1.82, 2.24) is 4.98 Å². The number of carbonyl (C=O) groups excluding carboxylic acids is 1. The van der Waals surface area contributed by atoms with Gasteiger partial charge in [-0.25, -0.2) is 4.98 Å². The molecule has 2 N–H and O–H groups in total. The van der Waals surface area contributed by atoms with Gasteiger partial charge in [-0.15, -0.1) is 17.0 Å². The van der Waals surface area contributed by atoms with Crippen LogP contribution in [0.3, 0.4) is 0 Å². The molecule has 8 heteroatoms. The number of aryl methyl sites for hydroxylation is 1. The van der Waals surface area contributed by atoms with Crippen LogP contribution in [0.4, 0.5) is 16.5 Å². The molecule has 1 aromatic heterocycles. The molecule has 0 aliphatic heterocycles. The minimum absolute atomic E-state index is 0. The molecule has 1 heterocycles. The Kier molecular flexibility index (Phi) is 7.18. The van der Waals surface area contributed by atoms with Crippen molar-refractivity contribution in [2.45, 2.75) is 6.92 Å². The Morgan fingerprint density at radius 2 is 1.48 bits per heavy atom. The SMILES string of the molecule is Br.Cc1nc(Nc2ccc(Br)cc2)sc1C(=O)Nc1ccc(Br)cc1. The number of thiazole rings is 1. The van der Waals surface area contributed by atoms with Gasteiger partial charge in [-0.1, -0.05) is 43.2 Å². The minimum atomic E-state index is -0.156. The van der Waals surface area contributed by atoms with Crippen LogP contribution >= 0.6 is 60.2 Å². The van der Waals surface area contributed by atoms with Gasteiger partial charge < -0.3 is 10.6 Å². The lowest BCUT2D eigenvalue weighted by molar-refractivity contribution is 0.103. The van der Waals surface area contributed by atoms with Crippen LogP contribution in [0, 0.1) is 6.92 Å². The lowest BCUT2D eigenvalue weighted by atomic mass is 10.3. The van der Waals surface area contributed by atoms with Crippen LogP contribution in [-0.4, -0.2) is 10.9 Å². The van der Waals surface area contributed by atoms with Crippen molar-refractivity contribution in [3.63, 3.8) is 0 Å². The van der Waals surface area contributed by atoms with E-state index in [4.69, 9.17) is 0 Å². The van der Waals surface area contributed by atoms with Gasteiger partial charge in [-0.2, -0.15) is 0 Å². The molecule has 130 valence electrons. The molecule has 1 amide bonds.